The molecule has 2 rings (SSSR count). The summed E-state index contributed by atoms with van der Waals surface area (Å²) in [6, 6.07) is 5.04. The molecule has 0 aliphatic heterocycles. The van der Waals surface area contributed by atoms with Crippen molar-refractivity contribution in [3.8, 4) is 0 Å². The number of pyridine rings is 1. The van der Waals surface area contributed by atoms with E-state index < -0.39 is 21.5 Å². The Kier molecular flexibility index (Phi) is 3.64. The highest BCUT2D eigenvalue weighted by Crippen LogP contribution is 2.22. The third kappa shape index (κ3) is 3.14. The van der Waals surface area contributed by atoms with Crippen LogP contribution in [0.5, 0.6) is 0 Å². The summed E-state index contributed by atoms with van der Waals surface area (Å²) >= 11 is 0. The van der Waals surface area contributed by atoms with Crippen LogP contribution in [0, 0.1) is 0 Å². The number of hydrogen-bond donors (Lipinski definition) is 3. The van der Waals surface area contributed by atoms with E-state index >= 15 is 0 Å². The summed E-state index contributed by atoms with van der Waals surface area (Å²) in [6.45, 7) is 3.13. The predicted octanol–water partition coefficient (Wildman–Crippen LogP) is -0.151. The maximum absolute atomic E-state index is 12.5. The van der Waals surface area contributed by atoms with Gasteiger partial charge in [-0.15, -0.1) is 0 Å². The molecule has 0 fully saturated rings. The van der Waals surface area contributed by atoms with Crippen LogP contribution in [0.25, 0.3) is 5.65 Å². The number of carbonyl (C=O) groups excluding carboxylic acids is 1. The number of nitrogens with zero attached hydrogens (tertiary/aromatic N) is 2. The number of anilines is 1. The average Bonchev–Trinajstić information content (AvgIpc) is 2.61. The number of carbonyl (C=O) groups is 1. The van der Waals surface area contributed by atoms with Crippen molar-refractivity contribution in [1.82, 2.24) is 14.1 Å². The van der Waals surface area contributed by atoms with Gasteiger partial charge in [-0.1, -0.05) is 6.07 Å². The summed E-state index contributed by atoms with van der Waals surface area (Å²) in [7, 11) is -3.96. The lowest BCUT2D eigenvalue weighted by Crippen LogP contribution is -2.46. The van der Waals surface area contributed by atoms with Crippen LogP contribution >= 0.6 is 0 Å². The van der Waals surface area contributed by atoms with E-state index in [4.69, 9.17) is 11.5 Å². The second-order valence-corrected chi connectivity index (χ2v) is 6.96. The molecule has 0 aromatic carbocycles. The molecule has 0 bridgehead atoms. The number of rotatable bonds is 5. The van der Waals surface area contributed by atoms with E-state index in [1.165, 1.54) is 4.40 Å². The second-order valence-electron chi connectivity index (χ2n) is 5.36. The number of primary amides is 1. The highest BCUT2D eigenvalue weighted by molar-refractivity contribution is 7.89. The first-order valence-corrected chi connectivity index (χ1v) is 7.65. The molecule has 9 heteroatoms. The number of fused-ring (bicyclic) bond motifs is 1. The Bertz CT molecular complexity index is 794. The molecule has 2 heterocycles. The zero-order valence-corrected chi connectivity index (χ0v) is 12.5. The number of hydrogen-bond acceptors (Lipinski definition) is 5. The molecule has 0 aliphatic carbocycles. The van der Waals surface area contributed by atoms with E-state index in [-0.39, 0.29) is 17.3 Å². The topological polar surface area (TPSA) is 133 Å². The third-order valence-electron chi connectivity index (χ3n) is 2.79. The van der Waals surface area contributed by atoms with Crippen molar-refractivity contribution in [1.29, 1.82) is 0 Å². The molecule has 0 radical (unpaired) electrons. The first-order valence-electron chi connectivity index (χ1n) is 6.17. The minimum atomic E-state index is -3.96. The average molecular weight is 311 g/mol. The summed E-state index contributed by atoms with van der Waals surface area (Å²) in [6.07, 6.45) is 1.41. The lowest BCUT2D eigenvalue weighted by Gasteiger charge is -2.24. The second kappa shape index (κ2) is 5.01. The lowest BCUT2D eigenvalue weighted by molar-refractivity contribution is -0.119. The molecule has 2 aromatic rings. The van der Waals surface area contributed by atoms with Gasteiger partial charge in [0.15, 0.2) is 10.8 Å². The Morgan fingerprint density at radius 2 is 2.10 bits per heavy atom. The summed E-state index contributed by atoms with van der Waals surface area (Å²) < 4.78 is 28.8. The van der Waals surface area contributed by atoms with Gasteiger partial charge in [-0.3, -0.25) is 9.20 Å². The molecule has 5 N–H and O–H groups in total. The molecule has 8 nitrogen and oxygen atoms in total. The molecule has 21 heavy (non-hydrogen) atoms. The number of imidazole rings is 1. The van der Waals surface area contributed by atoms with Gasteiger partial charge in [-0.05, 0) is 26.0 Å². The van der Waals surface area contributed by atoms with Gasteiger partial charge in [0.25, 0.3) is 10.0 Å². The Morgan fingerprint density at radius 3 is 2.71 bits per heavy atom. The van der Waals surface area contributed by atoms with Crippen LogP contribution in [0.3, 0.4) is 0 Å². The smallest absolute Gasteiger partial charge is 0.260 e. The van der Waals surface area contributed by atoms with Crippen LogP contribution in [-0.2, 0) is 14.8 Å². The van der Waals surface area contributed by atoms with Crippen LogP contribution in [0.15, 0.2) is 29.4 Å². The standard InChI is InChI=1S/C12H17N5O3S/c1-12(2,7-8(13)18)16-21(19,20)11-10(14)15-9-5-3-4-6-17(9)11/h3-6,16H,7,14H2,1-2H3,(H2,13,18). The summed E-state index contributed by atoms with van der Waals surface area (Å²) in [5, 5.41) is -0.157. The monoisotopic (exact) mass is 311 g/mol. The Hall–Kier alpha value is -2.13. The summed E-state index contributed by atoms with van der Waals surface area (Å²) in [4.78, 5) is 15.0. The molecule has 0 saturated carbocycles. The van der Waals surface area contributed by atoms with Crippen LogP contribution in [-0.4, -0.2) is 29.2 Å². The van der Waals surface area contributed by atoms with Crippen LogP contribution in [0.4, 0.5) is 5.82 Å². The number of nitrogen functional groups attached to an aromatic ring is 1. The largest absolute Gasteiger partial charge is 0.381 e. The van der Waals surface area contributed by atoms with Gasteiger partial charge in [0.2, 0.25) is 5.91 Å². The first-order chi connectivity index (χ1) is 9.62. The molecule has 2 aromatic heterocycles. The zero-order chi connectivity index (χ0) is 15.8. The quantitative estimate of drug-likeness (QED) is 0.706. The van der Waals surface area contributed by atoms with E-state index in [2.05, 4.69) is 9.71 Å². The SMILES string of the molecule is CC(C)(CC(N)=O)NS(=O)(=O)c1c(N)nc2ccccn12. The van der Waals surface area contributed by atoms with Crippen molar-refractivity contribution in [3.05, 3.63) is 24.4 Å². The van der Waals surface area contributed by atoms with Gasteiger partial charge in [0.05, 0.1) is 0 Å². The van der Waals surface area contributed by atoms with Crippen LogP contribution in [0.2, 0.25) is 0 Å². The Labute approximate surface area is 122 Å². The zero-order valence-electron chi connectivity index (χ0n) is 11.7. The fraction of sp³-hybridized carbons (Fsp3) is 0.333. The van der Waals surface area contributed by atoms with E-state index in [1.807, 2.05) is 0 Å². The van der Waals surface area contributed by atoms with Gasteiger partial charge in [0.1, 0.15) is 5.65 Å². The Balaban J connectivity index is 2.48. The molecular weight excluding hydrogens is 294 g/mol. The van der Waals surface area contributed by atoms with Gasteiger partial charge in [0, 0.05) is 18.2 Å². The number of nitrogens with two attached hydrogens (primary N) is 2. The Morgan fingerprint density at radius 1 is 1.43 bits per heavy atom. The van der Waals surface area contributed by atoms with Crippen molar-refractivity contribution >= 4 is 27.4 Å². The van der Waals surface area contributed by atoms with Crippen molar-refractivity contribution in [2.45, 2.75) is 30.8 Å². The van der Waals surface area contributed by atoms with Crippen molar-refractivity contribution in [3.63, 3.8) is 0 Å². The molecule has 0 saturated heterocycles. The van der Waals surface area contributed by atoms with E-state index in [0.29, 0.717) is 5.65 Å². The van der Waals surface area contributed by atoms with Crippen molar-refractivity contribution in [2.75, 3.05) is 5.73 Å². The van der Waals surface area contributed by atoms with E-state index in [1.54, 1.807) is 38.2 Å². The molecule has 114 valence electrons. The van der Waals surface area contributed by atoms with E-state index in [0.717, 1.165) is 0 Å². The fourth-order valence-corrected chi connectivity index (χ4v) is 3.77. The molecule has 0 atom stereocenters. The fourth-order valence-electron chi connectivity index (χ4n) is 2.14. The van der Waals surface area contributed by atoms with E-state index in [9.17, 15) is 13.2 Å². The highest BCUT2D eigenvalue weighted by Gasteiger charge is 2.31. The van der Waals surface area contributed by atoms with Crippen molar-refractivity contribution in [2.24, 2.45) is 5.73 Å². The number of sulfonamides is 1. The first kappa shape index (κ1) is 15.3. The van der Waals surface area contributed by atoms with Gasteiger partial charge >= 0.3 is 0 Å². The predicted molar refractivity (Wildman–Crippen MR) is 77.8 cm³/mol. The molecule has 0 aliphatic rings. The normalized spacial score (nSPS) is 12.7. The summed E-state index contributed by atoms with van der Waals surface area (Å²) in [5.41, 5.74) is 10.2. The van der Waals surface area contributed by atoms with Crippen LogP contribution < -0.4 is 16.2 Å². The number of amides is 1. The highest BCUT2D eigenvalue weighted by atomic mass is 32.2. The molecule has 0 spiro atoms. The van der Waals surface area contributed by atoms with Crippen LogP contribution in [0.1, 0.15) is 20.3 Å². The van der Waals surface area contributed by atoms with Gasteiger partial charge in [-0.2, -0.15) is 0 Å². The minimum Gasteiger partial charge on any atom is -0.381 e. The third-order valence-corrected chi connectivity index (χ3v) is 4.53. The molecule has 1 amide bonds. The molecular formula is C12H17N5O3S. The number of nitrogens with one attached hydrogen (secondary N) is 1. The van der Waals surface area contributed by atoms with Crippen molar-refractivity contribution < 1.29 is 13.2 Å². The number of aromatic nitrogens is 2. The lowest BCUT2D eigenvalue weighted by atomic mass is 10.0. The summed E-state index contributed by atoms with van der Waals surface area (Å²) in [5.74, 6) is -0.711. The maximum Gasteiger partial charge on any atom is 0.260 e. The minimum absolute atomic E-state index is 0.108. The maximum atomic E-state index is 12.5. The molecule has 0 unspecified atom stereocenters. The van der Waals surface area contributed by atoms with Gasteiger partial charge in [-0.25, -0.2) is 18.1 Å². The van der Waals surface area contributed by atoms with Gasteiger partial charge < -0.3 is 11.5 Å².